The minimum Gasteiger partial charge on any atom is -0.317 e. The molecule has 0 bridgehead atoms. The molecular formula is C16H15F2NO. The maximum absolute atomic E-state index is 13.5. The first kappa shape index (κ1) is 14.2. The molecule has 2 aromatic carbocycles. The highest BCUT2D eigenvalue weighted by molar-refractivity contribution is 6.05. The van der Waals surface area contributed by atoms with Crippen LogP contribution in [0.2, 0.25) is 0 Å². The fourth-order valence-corrected chi connectivity index (χ4v) is 2.00. The number of nitrogens with one attached hydrogen (secondary N) is 1. The van der Waals surface area contributed by atoms with Gasteiger partial charge < -0.3 is 5.32 Å². The Bertz CT molecular complexity index is 660. The van der Waals surface area contributed by atoms with Gasteiger partial charge in [-0.3, -0.25) is 4.79 Å². The van der Waals surface area contributed by atoms with E-state index < -0.39 is 23.2 Å². The van der Waals surface area contributed by atoms with Crippen LogP contribution in [0.5, 0.6) is 0 Å². The number of anilines is 1. The zero-order valence-electron chi connectivity index (χ0n) is 11.6. The smallest absolute Gasteiger partial charge is 0.256 e. The molecule has 0 saturated heterocycles. The van der Waals surface area contributed by atoms with E-state index in [4.69, 9.17) is 0 Å². The molecule has 2 nitrogen and oxygen atoms in total. The summed E-state index contributed by atoms with van der Waals surface area (Å²) in [6.45, 7) is 5.62. The Hall–Kier alpha value is -2.23. The van der Waals surface area contributed by atoms with Crippen LogP contribution in [0.4, 0.5) is 14.5 Å². The van der Waals surface area contributed by atoms with Gasteiger partial charge in [-0.05, 0) is 55.7 Å². The van der Waals surface area contributed by atoms with Crippen molar-refractivity contribution >= 4 is 11.6 Å². The van der Waals surface area contributed by atoms with Crippen molar-refractivity contribution in [3.8, 4) is 0 Å². The summed E-state index contributed by atoms with van der Waals surface area (Å²) in [5, 5.41) is 2.29. The second-order valence-corrected chi connectivity index (χ2v) is 4.80. The number of benzene rings is 2. The lowest BCUT2D eigenvalue weighted by atomic mass is 10.0. The number of carbonyl (C=O) groups excluding carboxylic acids is 1. The summed E-state index contributed by atoms with van der Waals surface area (Å²) in [4.78, 5) is 12.2. The van der Waals surface area contributed by atoms with Crippen LogP contribution in [0.1, 0.15) is 27.0 Å². The number of hydrogen-bond acceptors (Lipinski definition) is 1. The molecular weight excluding hydrogens is 260 g/mol. The molecule has 0 fully saturated rings. The van der Waals surface area contributed by atoms with Crippen LogP contribution in [0, 0.1) is 32.4 Å². The monoisotopic (exact) mass is 275 g/mol. The Morgan fingerprint density at radius 3 is 2.10 bits per heavy atom. The van der Waals surface area contributed by atoms with Crippen LogP contribution >= 0.6 is 0 Å². The second kappa shape index (κ2) is 5.41. The third-order valence-corrected chi connectivity index (χ3v) is 3.29. The zero-order valence-corrected chi connectivity index (χ0v) is 11.6. The summed E-state index contributed by atoms with van der Waals surface area (Å²) >= 11 is 0. The van der Waals surface area contributed by atoms with Crippen molar-refractivity contribution in [1.29, 1.82) is 0 Å². The predicted octanol–water partition coefficient (Wildman–Crippen LogP) is 4.14. The third-order valence-electron chi connectivity index (χ3n) is 3.29. The number of amides is 1. The number of rotatable bonds is 2. The summed E-state index contributed by atoms with van der Waals surface area (Å²) in [7, 11) is 0. The normalized spacial score (nSPS) is 10.4. The maximum Gasteiger partial charge on any atom is 0.256 e. The van der Waals surface area contributed by atoms with E-state index in [1.54, 1.807) is 13.0 Å². The van der Waals surface area contributed by atoms with Gasteiger partial charge in [-0.1, -0.05) is 12.1 Å². The Kier molecular flexibility index (Phi) is 3.84. The Morgan fingerprint density at radius 1 is 0.950 bits per heavy atom. The fourth-order valence-electron chi connectivity index (χ4n) is 2.00. The van der Waals surface area contributed by atoms with E-state index in [0.29, 0.717) is 5.56 Å². The van der Waals surface area contributed by atoms with Gasteiger partial charge in [0.1, 0.15) is 17.3 Å². The van der Waals surface area contributed by atoms with Gasteiger partial charge in [0.05, 0.1) is 0 Å². The van der Waals surface area contributed by atoms with Crippen molar-refractivity contribution in [2.24, 2.45) is 0 Å². The van der Waals surface area contributed by atoms with Gasteiger partial charge in [0.15, 0.2) is 0 Å². The molecule has 104 valence electrons. The first-order valence-corrected chi connectivity index (χ1v) is 6.23. The molecule has 2 rings (SSSR count). The Balaban J connectivity index is 2.36. The molecule has 0 aliphatic heterocycles. The lowest BCUT2D eigenvalue weighted by Gasteiger charge is -2.11. The lowest BCUT2D eigenvalue weighted by molar-refractivity contribution is 0.102. The summed E-state index contributed by atoms with van der Waals surface area (Å²) < 4.78 is 27.0. The molecule has 0 spiro atoms. The van der Waals surface area contributed by atoms with Crippen LogP contribution in [-0.4, -0.2) is 5.91 Å². The van der Waals surface area contributed by atoms with Gasteiger partial charge in [-0.25, -0.2) is 8.78 Å². The van der Waals surface area contributed by atoms with E-state index in [1.165, 1.54) is 6.07 Å². The molecule has 0 atom stereocenters. The van der Waals surface area contributed by atoms with Crippen LogP contribution in [0.3, 0.4) is 0 Å². The van der Waals surface area contributed by atoms with Gasteiger partial charge in [-0.2, -0.15) is 0 Å². The number of hydrogen-bond donors (Lipinski definition) is 1. The van der Waals surface area contributed by atoms with E-state index in [-0.39, 0.29) is 0 Å². The molecule has 1 amide bonds. The van der Waals surface area contributed by atoms with Crippen LogP contribution in [0.25, 0.3) is 0 Å². The summed E-state index contributed by atoms with van der Waals surface area (Å²) in [5.41, 5.74) is 2.78. The van der Waals surface area contributed by atoms with E-state index in [0.717, 1.165) is 28.8 Å². The molecule has 1 N–H and O–H groups in total. The van der Waals surface area contributed by atoms with Crippen LogP contribution in [-0.2, 0) is 0 Å². The molecule has 20 heavy (non-hydrogen) atoms. The van der Waals surface area contributed by atoms with Gasteiger partial charge in [0.25, 0.3) is 5.91 Å². The first-order valence-electron chi connectivity index (χ1n) is 6.23. The van der Waals surface area contributed by atoms with Crippen molar-refractivity contribution < 1.29 is 13.6 Å². The summed E-state index contributed by atoms with van der Waals surface area (Å²) in [6.07, 6.45) is 0. The summed E-state index contributed by atoms with van der Waals surface area (Å²) in [6, 6.07) is 7.06. The van der Waals surface area contributed by atoms with Gasteiger partial charge in [0.2, 0.25) is 0 Å². The number of aryl methyl sites for hydroxylation is 3. The van der Waals surface area contributed by atoms with E-state index in [1.807, 2.05) is 19.9 Å². The van der Waals surface area contributed by atoms with Gasteiger partial charge in [-0.15, -0.1) is 0 Å². The van der Waals surface area contributed by atoms with Crippen molar-refractivity contribution in [2.45, 2.75) is 20.8 Å². The van der Waals surface area contributed by atoms with Crippen molar-refractivity contribution in [3.05, 3.63) is 64.2 Å². The maximum atomic E-state index is 13.5. The largest absolute Gasteiger partial charge is 0.317 e. The first-order chi connectivity index (χ1) is 9.40. The molecule has 0 radical (unpaired) electrons. The molecule has 4 heteroatoms. The van der Waals surface area contributed by atoms with Crippen LogP contribution < -0.4 is 5.32 Å². The number of halogens is 2. The van der Waals surface area contributed by atoms with Crippen molar-refractivity contribution in [3.63, 3.8) is 0 Å². The lowest BCUT2D eigenvalue weighted by Crippen LogP contribution is -2.16. The Labute approximate surface area is 116 Å². The molecule has 0 aromatic heterocycles. The number of para-hydroxylation sites is 1. The van der Waals surface area contributed by atoms with Crippen LogP contribution in [0.15, 0.2) is 30.3 Å². The molecule has 0 aliphatic rings. The molecule has 0 saturated carbocycles. The highest BCUT2D eigenvalue weighted by Gasteiger charge is 2.15. The third kappa shape index (κ3) is 2.69. The predicted molar refractivity (Wildman–Crippen MR) is 75.0 cm³/mol. The summed E-state index contributed by atoms with van der Waals surface area (Å²) in [5.74, 6) is -2.10. The zero-order chi connectivity index (χ0) is 14.9. The Morgan fingerprint density at radius 2 is 1.50 bits per heavy atom. The fraction of sp³-hybridized carbons (Fsp3) is 0.188. The highest BCUT2D eigenvalue weighted by Crippen LogP contribution is 2.21. The van der Waals surface area contributed by atoms with Gasteiger partial charge in [0, 0.05) is 5.56 Å². The SMILES string of the molecule is Cc1cc(C)c(C(=O)Nc2c(F)cccc2F)cc1C. The average Bonchev–Trinajstić information content (AvgIpc) is 2.38. The average molecular weight is 275 g/mol. The van der Waals surface area contributed by atoms with E-state index in [9.17, 15) is 13.6 Å². The van der Waals surface area contributed by atoms with Gasteiger partial charge >= 0.3 is 0 Å². The minimum absolute atomic E-state index is 0.413. The van der Waals surface area contributed by atoms with Crippen molar-refractivity contribution in [1.82, 2.24) is 0 Å². The molecule has 2 aromatic rings. The molecule has 0 unspecified atom stereocenters. The number of carbonyl (C=O) groups is 1. The molecule has 0 aliphatic carbocycles. The minimum atomic E-state index is -0.792. The molecule has 0 heterocycles. The van der Waals surface area contributed by atoms with E-state index in [2.05, 4.69) is 5.32 Å². The second-order valence-electron chi connectivity index (χ2n) is 4.80. The topological polar surface area (TPSA) is 29.1 Å². The standard InChI is InChI=1S/C16H15F2NO/c1-9-7-11(3)12(8-10(9)2)16(20)19-15-13(17)5-4-6-14(15)18/h4-8H,1-3H3,(H,19,20). The quantitative estimate of drug-likeness (QED) is 0.876. The van der Waals surface area contributed by atoms with E-state index >= 15 is 0 Å². The van der Waals surface area contributed by atoms with Crippen molar-refractivity contribution in [2.75, 3.05) is 5.32 Å². The highest BCUT2D eigenvalue weighted by atomic mass is 19.1.